The number of likely N-dealkylation sites (N-methyl/N-ethyl adjacent to an activating group) is 1. The molecule has 0 radical (unpaired) electrons. The minimum atomic E-state index is -0.112. The van der Waals surface area contributed by atoms with E-state index in [1.807, 2.05) is 6.07 Å². The number of quaternary nitrogens is 1. The number of hydrogen-bond acceptors (Lipinski definition) is 5. The Morgan fingerprint density at radius 1 is 1.21 bits per heavy atom. The summed E-state index contributed by atoms with van der Waals surface area (Å²) in [5.41, 5.74) is 2.90. The first kappa shape index (κ1) is 15.0. The van der Waals surface area contributed by atoms with Crippen molar-refractivity contribution in [1.29, 1.82) is 0 Å². The lowest BCUT2D eigenvalue weighted by Gasteiger charge is -2.33. The van der Waals surface area contributed by atoms with Crippen LogP contribution < -0.4 is 19.1 Å². The third kappa shape index (κ3) is 2.14. The van der Waals surface area contributed by atoms with Gasteiger partial charge < -0.3 is 29.3 Å². The van der Waals surface area contributed by atoms with Crippen molar-refractivity contribution in [1.82, 2.24) is 0 Å². The fraction of sp³-hybridized carbons (Fsp3) is 0.333. The molecule has 6 heteroatoms. The Balaban J connectivity index is 1.94. The highest BCUT2D eigenvalue weighted by Gasteiger charge is 2.38. The first-order valence-electron chi connectivity index (χ1n) is 7.93. The van der Waals surface area contributed by atoms with E-state index in [0.717, 1.165) is 29.7 Å². The molecule has 0 saturated heterocycles. The summed E-state index contributed by atoms with van der Waals surface area (Å²) in [5.74, 6) is 2.11. The van der Waals surface area contributed by atoms with E-state index in [9.17, 15) is 10.2 Å². The molecule has 0 spiro atoms. The summed E-state index contributed by atoms with van der Waals surface area (Å²) in [6, 6.07) is 6.63. The van der Waals surface area contributed by atoms with Crippen LogP contribution in [0, 0.1) is 0 Å². The molecule has 0 amide bonds. The van der Waals surface area contributed by atoms with Crippen LogP contribution in [0.2, 0.25) is 0 Å². The molecule has 0 aliphatic carbocycles. The zero-order chi connectivity index (χ0) is 16.8. The lowest BCUT2D eigenvalue weighted by molar-refractivity contribution is -0.908. The first-order valence-corrected chi connectivity index (χ1v) is 7.93. The third-order valence-corrected chi connectivity index (χ3v) is 4.84. The van der Waals surface area contributed by atoms with Gasteiger partial charge in [0.2, 0.25) is 12.5 Å². The predicted octanol–water partition coefficient (Wildman–Crippen LogP) is 0.995. The maximum absolute atomic E-state index is 10.4. The van der Waals surface area contributed by atoms with Crippen LogP contribution in [0.5, 0.6) is 28.7 Å². The molecular weight excluding hydrogens is 310 g/mol. The van der Waals surface area contributed by atoms with Gasteiger partial charge in [-0.1, -0.05) is 0 Å². The minimum absolute atomic E-state index is 0.0441. The molecule has 6 nitrogen and oxygen atoms in total. The first-order chi connectivity index (χ1) is 11.6. The minimum Gasteiger partial charge on any atom is -0.508 e. The van der Waals surface area contributed by atoms with Gasteiger partial charge in [-0.3, -0.25) is 0 Å². The Kier molecular flexibility index (Phi) is 3.42. The van der Waals surface area contributed by atoms with Crippen molar-refractivity contribution in [3.8, 4) is 28.7 Å². The molecule has 2 aliphatic heterocycles. The fourth-order valence-corrected chi connectivity index (χ4v) is 3.72. The van der Waals surface area contributed by atoms with Crippen LogP contribution in [0.25, 0.3) is 0 Å². The summed E-state index contributed by atoms with van der Waals surface area (Å²) in [7, 11) is 3.71. The Morgan fingerprint density at radius 2 is 2.04 bits per heavy atom. The lowest BCUT2D eigenvalue weighted by Crippen LogP contribution is -3.10. The topological polar surface area (TPSA) is 72.6 Å². The highest BCUT2D eigenvalue weighted by molar-refractivity contribution is 5.63. The molecule has 2 aromatic carbocycles. The summed E-state index contributed by atoms with van der Waals surface area (Å²) < 4.78 is 16.8. The molecular formula is C18H20NO5+. The van der Waals surface area contributed by atoms with Crippen LogP contribution >= 0.6 is 0 Å². The van der Waals surface area contributed by atoms with Crippen molar-refractivity contribution < 1.29 is 29.3 Å². The van der Waals surface area contributed by atoms with E-state index in [1.54, 1.807) is 19.2 Å². The quantitative estimate of drug-likeness (QED) is 0.766. The van der Waals surface area contributed by atoms with E-state index in [4.69, 9.17) is 14.2 Å². The van der Waals surface area contributed by atoms with Crippen LogP contribution in [-0.2, 0) is 6.42 Å². The molecule has 4 rings (SSSR count). The molecule has 2 aromatic rings. The van der Waals surface area contributed by atoms with E-state index in [1.165, 1.54) is 11.0 Å². The Labute approximate surface area is 139 Å². The molecule has 24 heavy (non-hydrogen) atoms. The van der Waals surface area contributed by atoms with Crippen molar-refractivity contribution in [2.75, 3.05) is 27.5 Å². The number of rotatable bonds is 2. The summed E-state index contributed by atoms with van der Waals surface area (Å²) >= 11 is 0. The molecule has 0 fully saturated rings. The Hall–Kier alpha value is -2.60. The summed E-state index contributed by atoms with van der Waals surface area (Å²) in [5, 5.41) is 20.0. The van der Waals surface area contributed by atoms with Gasteiger partial charge in [0, 0.05) is 12.5 Å². The predicted molar refractivity (Wildman–Crippen MR) is 86.2 cm³/mol. The van der Waals surface area contributed by atoms with E-state index >= 15 is 0 Å². The summed E-state index contributed by atoms with van der Waals surface area (Å²) in [6.07, 6.45) is 0.892. The van der Waals surface area contributed by atoms with Crippen LogP contribution in [0.1, 0.15) is 22.7 Å². The van der Waals surface area contributed by atoms with Gasteiger partial charge in [-0.25, -0.2) is 0 Å². The largest absolute Gasteiger partial charge is 0.508 e. The van der Waals surface area contributed by atoms with Crippen LogP contribution in [0.15, 0.2) is 24.3 Å². The standard InChI is InChI=1S/C18H19NO5/c1-19-6-5-10-7-14-17(24-9-23-14)18(22-2)15(10)16(19)12-4-3-11(20)8-13(12)21/h3-4,7-8,16,20-21H,5-6,9H2,1-2H3/p+1/t16-/m0/s1. The van der Waals surface area contributed by atoms with Gasteiger partial charge in [0.1, 0.15) is 17.5 Å². The number of ether oxygens (including phenoxy) is 3. The van der Waals surface area contributed by atoms with Gasteiger partial charge in [-0.05, 0) is 23.8 Å². The summed E-state index contributed by atoms with van der Waals surface area (Å²) in [4.78, 5) is 1.24. The monoisotopic (exact) mass is 330 g/mol. The number of methoxy groups -OCH3 is 1. The zero-order valence-corrected chi connectivity index (χ0v) is 13.6. The number of phenols is 2. The van der Waals surface area contributed by atoms with Crippen molar-refractivity contribution in [3.05, 3.63) is 41.0 Å². The maximum atomic E-state index is 10.4. The number of fused-ring (bicyclic) bond motifs is 2. The average Bonchev–Trinajstić information content (AvgIpc) is 3.02. The number of phenolic OH excluding ortho intramolecular Hbond substituents is 2. The third-order valence-electron chi connectivity index (χ3n) is 4.84. The average molecular weight is 330 g/mol. The number of benzene rings is 2. The van der Waals surface area contributed by atoms with Crippen LogP contribution in [0.3, 0.4) is 0 Å². The molecule has 0 saturated carbocycles. The molecule has 126 valence electrons. The Morgan fingerprint density at radius 3 is 2.79 bits per heavy atom. The second-order valence-electron chi connectivity index (χ2n) is 6.24. The smallest absolute Gasteiger partial charge is 0.231 e. The van der Waals surface area contributed by atoms with Crippen molar-refractivity contribution in [3.63, 3.8) is 0 Å². The highest BCUT2D eigenvalue weighted by atomic mass is 16.7. The van der Waals surface area contributed by atoms with Gasteiger partial charge in [0.05, 0.1) is 31.8 Å². The lowest BCUT2D eigenvalue weighted by atomic mass is 9.86. The second kappa shape index (κ2) is 5.49. The molecule has 2 aliphatic rings. The fourth-order valence-electron chi connectivity index (χ4n) is 3.72. The maximum Gasteiger partial charge on any atom is 0.231 e. The number of nitrogens with one attached hydrogen (secondary N) is 1. The second-order valence-corrected chi connectivity index (χ2v) is 6.24. The number of hydrogen-bond donors (Lipinski definition) is 3. The van der Waals surface area contributed by atoms with Crippen molar-refractivity contribution in [2.45, 2.75) is 12.5 Å². The zero-order valence-electron chi connectivity index (χ0n) is 13.6. The van der Waals surface area contributed by atoms with Gasteiger partial charge in [-0.2, -0.15) is 0 Å². The van der Waals surface area contributed by atoms with E-state index in [0.29, 0.717) is 17.2 Å². The molecule has 2 atom stereocenters. The molecule has 0 bridgehead atoms. The number of aromatic hydroxyl groups is 2. The van der Waals surface area contributed by atoms with E-state index in [-0.39, 0.29) is 24.3 Å². The highest BCUT2D eigenvalue weighted by Crippen LogP contribution is 2.49. The van der Waals surface area contributed by atoms with Gasteiger partial charge in [0.25, 0.3) is 0 Å². The van der Waals surface area contributed by atoms with Gasteiger partial charge in [-0.15, -0.1) is 0 Å². The SMILES string of the molecule is COc1c2c(cc3c1[C@H](c1ccc(O)cc1O)[NH+](C)CC3)OCO2. The summed E-state index contributed by atoms with van der Waals surface area (Å²) in [6.45, 7) is 1.10. The van der Waals surface area contributed by atoms with E-state index in [2.05, 4.69) is 7.05 Å². The van der Waals surface area contributed by atoms with Crippen LogP contribution in [0.4, 0.5) is 0 Å². The normalized spacial score (nSPS) is 21.4. The van der Waals surface area contributed by atoms with Crippen molar-refractivity contribution >= 4 is 0 Å². The van der Waals surface area contributed by atoms with Gasteiger partial charge in [0.15, 0.2) is 11.5 Å². The Bertz CT molecular complexity index is 804. The molecule has 1 unspecified atom stereocenters. The van der Waals surface area contributed by atoms with Crippen molar-refractivity contribution in [2.24, 2.45) is 0 Å². The van der Waals surface area contributed by atoms with Crippen LogP contribution in [-0.4, -0.2) is 37.7 Å². The van der Waals surface area contributed by atoms with E-state index < -0.39 is 0 Å². The molecule has 2 heterocycles. The molecule has 0 aromatic heterocycles. The van der Waals surface area contributed by atoms with Gasteiger partial charge >= 0.3 is 0 Å². The molecule has 3 N–H and O–H groups in total.